The first kappa shape index (κ1) is 11.9. The fourth-order valence-corrected chi connectivity index (χ4v) is 2.86. The number of nitrogens with one attached hydrogen (secondary N) is 1. The van der Waals surface area contributed by atoms with Crippen LogP contribution in [-0.4, -0.2) is 15.5 Å². The number of hydrogen-bond donors (Lipinski definition) is 2. The normalized spacial score (nSPS) is 10.8. The van der Waals surface area contributed by atoms with Crippen molar-refractivity contribution in [1.82, 2.24) is 15.0 Å². The monoisotopic (exact) mass is 272 g/mol. The zero-order valence-electron chi connectivity index (χ0n) is 10.0. The van der Waals surface area contributed by atoms with E-state index in [1.54, 1.807) is 6.33 Å². The van der Waals surface area contributed by atoms with Gasteiger partial charge >= 0.3 is 0 Å². The number of nitrogens with zero attached hydrogens (tertiary/aromatic N) is 2. The van der Waals surface area contributed by atoms with Crippen molar-refractivity contribution in [2.24, 2.45) is 5.84 Å². The van der Waals surface area contributed by atoms with Gasteiger partial charge in [0.2, 0.25) is 0 Å². The summed E-state index contributed by atoms with van der Waals surface area (Å²) >= 11 is 1.38. The average molecular weight is 272 g/mol. The Morgan fingerprint density at radius 1 is 1.37 bits per heavy atom. The predicted octanol–water partition coefficient (Wildman–Crippen LogP) is 1.75. The van der Waals surface area contributed by atoms with Crippen molar-refractivity contribution in [3.8, 4) is 0 Å². The number of nitrogen functional groups attached to an aromatic ring is 1. The summed E-state index contributed by atoms with van der Waals surface area (Å²) < 4.78 is 2.02. The Morgan fingerprint density at radius 2 is 2.21 bits per heavy atom. The van der Waals surface area contributed by atoms with Gasteiger partial charge in [-0.05, 0) is 29.1 Å². The summed E-state index contributed by atoms with van der Waals surface area (Å²) in [4.78, 5) is 16.6. The lowest BCUT2D eigenvalue weighted by molar-refractivity contribution is 0.0957. The molecule has 2 heterocycles. The standard InChI is InChI=1S/C13H12N4OS/c14-16-13(18)12-9(5-6-19-12)7-17-8-15-10-3-1-2-4-11(10)17/h1-6,8H,7,14H2,(H,16,18). The molecule has 0 bridgehead atoms. The Bertz CT molecular complexity index is 731. The van der Waals surface area contributed by atoms with Crippen LogP contribution in [-0.2, 0) is 6.54 Å². The van der Waals surface area contributed by atoms with Crippen LogP contribution in [0.1, 0.15) is 15.2 Å². The predicted molar refractivity (Wildman–Crippen MR) is 74.8 cm³/mol. The van der Waals surface area contributed by atoms with Crippen molar-refractivity contribution < 1.29 is 4.79 Å². The molecule has 3 N–H and O–H groups in total. The number of benzene rings is 1. The van der Waals surface area contributed by atoms with Crippen LogP contribution < -0.4 is 11.3 Å². The van der Waals surface area contributed by atoms with Gasteiger partial charge in [0.1, 0.15) is 0 Å². The van der Waals surface area contributed by atoms with Crippen LogP contribution in [0.2, 0.25) is 0 Å². The van der Waals surface area contributed by atoms with Gasteiger partial charge in [-0.1, -0.05) is 12.1 Å². The largest absolute Gasteiger partial charge is 0.326 e. The molecule has 3 aromatic rings. The molecular formula is C13H12N4OS. The second kappa shape index (κ2) is 4.83. The highest BCUT2D eigenvalue weighted by atomic mass is 32.1. The molecule has 96 valence electrons. The molecular weight excluding hydrogens is 260 g/mol. The zero-order valence-corrected chi connectivity index (χ0v) is 10.9. The third-order valence-corrected chi connectivity index (χ3v) is 3.91. The van der Waals surface area contributed by atoms with E-state index in [4.69, 9.17) is 5.84 Å². The van der Waals surface area contributed by atoms with Gasteiger partial charge in [0.05, 0.1) is 28.8 Å². The first-order valence-corrected chi connectivity index (χ1v) is 6.65. The highest BCUT2D eigenvalue weighted by Gasteiger charge is 2.13. The van der Waals surface area contributed by atoms with Gasteiger partial charge < -0.3 is 4.57 Å². The van der Waals surface area contributed by atoms with Gasteiger partial charge in [-0.2, -0.15) is 0 Å². The molecule has 5 nitrogen and oxygen atoms in total. The number of rotatable bonds is 3. The van der Waals surface area contributed by atoms with Gasteiger partial charge in [0.15, 0.2) is 0 Å². The smallest absolute Gasteiger partial charge is 0.275 e. The van der Waals surface area contributed by atoms with E-state index in [1.807, 2.05) is 40.3 Å². The summed E-state index contributed by atoms with van der Waals surface area (Å²) in [7, 11) is 0. The van der Waals surface area contributed by atoms with E-state index >= 15 is 0 Å². The molecule has 0 saturated heterocycles. The lowest BCUT2D eigenvalue weighted by Gasteiger charge is -2.05. The molecule has 0 radical (unpaired) electrons. The molecule has 0 saturated carbocycles. The minimum atomic E-state index is -0.255. The summed E-state index contributed by atoms with van der Waals surface area (Å²) in [5.74, 6) is 4.93. The molecule has 0 aliphatic heterocycles. The molecule has 2 aromatic heterocycles. The number of carbonyl (C=O) groups is 1. The average Bonchev–Trinajstić information content (AvgIpc) is 3.06. The van der Waals surface area contributed by atoms with Crippen LogP contribution >= 0.6 is 11.3 Å². The van der Waals surface area contributed by atoms with Crippen LogP contribution in [0.15, 0.2) is 42.0 Å². The molecule has 0 aliphatic rings. The summed E-state index contributed by atoms with van der Waals surface area (Å²) in [5.41, 5.74) is 5.11. The summed E-state index contributed by atoms with van der Waals surface area (Å²) in [5, 5.41) is 1.89. The van der Waals surface area contributed by atoms with Crippen molar-refractivity contribution in [2.45, 2.75) is 6.54 Å². The second-order valence-electron chi connectivity index (χ2n) is 4.11. The molecule has 19 heavy (non-hydrogen) atoms. The Labute approximate surface area is 113 Å². The number of carbonyl (C=O) groups excluding carboxylic acids is 1. The molecule has 0 unspecified atom stereocenters. The lowest BCUT2D eigenvalue weighted by atomic mass is 10.2. The number of thiophene rings is 1. The van der Waals surface area contributed by atoms with Gasteiger partial charge in [0, 0.05) is 0 Å². The quantitative estimate of drug-likeness (QED) is 0.433. The molecule has 6 heteroatoms. The molecule has 1 aromatic carbocycles. The molecule has 0 aliphatic carbocycles. The molecule has 0 fully saturated rings. The van der Waals surface area contributed by atoms with E-state index in [-0.39, 0.29) is 5.91 Å². The number of fused-ring (bicyclic) bond motifs is 1. The number of para-hydroxylation sites is 2. The maximum Gasteiger partial charge on any atom is 0.275 e. The third kappa shape index (κ3) is 2.11. The minimum Gasteiger partial charge on any atom is -0.326 e. The summed E-state index contributed by atoms with van der Waals surface area (Å²) in [6.45, 7) is 0.604. The highest BCUT2D eigenvalue weighted by molar-refractivity contribution is 7.12. The van der Waals surface area contributed by atoms with Crippen molar-refractivity contribution in [3.05, 3.63) is 52.5 Å². The summed E-state index contributed by atoms with van der Waals surface area (Å²) in [6.07, 6.45) is 1.78. The Kier molecular flexibility index (Phi) is 3.02. The van der Waals surface area contributed by atoms with Crippen molar-refractivity contribution in [1.29, 1.82) is 0 Å². The number of nitrogens with two attached hydrogens (primary N) is 1. The van der Waals surface area contributed by atoms with E-state index < -0.39 is 0 Å². The zero-order chi connectivity index (χ0) is 13.2. The van der Waals surface area contributed by atoms with Crippen LogP contribution in [0.4, 0.5) is 0 Å². The number of hydrogen-bond acceptors (Lipinski definition) is 4. The fourth-order valence-electron chi connectivity index (χ4n) is 2.04. The third-order valence-electron chi connectivity index (χ3n) is 2.95. The Balaban J connectivity index is 1.98. The van der Waals surface area contributed by atoms with Gasteiger partial charge in [-0.3, -0.25) is 10.2 Å². The highest BCUT2D eigenvalue weighted by Crippen LogP contribution is 2.20. The summed E-state index contributed by atoms with van der Waals surface area (Å²) in [6, 6.07) is 9.84. The SMILES string of the molecule is NNC(=O)c1sccc1Cn1cnc2ccccc21. The van der Waals surface area contributed by atoms with E-state index in [0.717, 1.165) is 16.6 Å². The number of hydrazine groups is 1. The maximum atomic E-state index is 11.6. The molecule has 0 atom stereocenters. The van der Waals surface area contributed by atoms with E-state index in [1.165, 1.54) is 11.3 Å². The molecule has 1 amide bonds. The Morgan fingerprint density at radius 3 is 3.05 bits per heavy atom. The van der Waals surface area contributed by atoms with Crippen molar-refractivity contribution in [3.63, 3.8) is 0 Å². The topological polar surface area (TPSA) is 72.9 Å². The second-order valence-corrected chi connectivity index (χ2v) is 5.03. The Hall–Kier alpha value is -2.18. The molecule has 3 rings (SSSR count). The first-order chi connectivity index (χ1) is 9.29. The fraction of sp³-hybridized carbons (Fsp3) is 0.0769. The van der Waals surface area contributed by atoms with Crippen molar-refractivity contribution in [2.75, 3.05) is 0 Å². The van der Waals surface area contributed by atoms with Gasteiger partial charge in [0.25, 0.3) is 5.91 Å². The maximum absolute atomic E-state index is 11.6. The number of amides is 1. The lowest BCUT2D eigenvalue weighted by Crippen LogP contribution is -2.30. The minimum absolute atomic E-state index is 0.255. The first-order valence-electron chi connectivity index (χ1n) is 5.77. The van der Waals surface area contributed by atoms with E-state index in [9.17, 15) is 4.79 Å². The molecule has 0 spiro atoms. The van der Waals surface area contributed by atoms with Crippen LogP contribution in [0, 0.1) is 0 Å². The van der Waals surface area contributed by atoms with Gasteiger partial charge in [-0.25, -0.2) is 10.8 Å². The van der Waals surface area contributed by atoms with Crippen LogP contribution in [0.3, 0.4) is 0 Å². The van der Waals surface area contributed by atoms with Crippen molar-refractivity contribution >= 4 is 28.3 Å². The van der Waals surface area contributed by atoms with Crippen LogP contribution in [0.5, 0.6) is 0 Å². The van der Waals surface area contributed by atoms with E-state index in [0.29, 0.717) is 11.4 Å². The number of imidazole rings is 1. The number of aromatic nitrogens is 2. The van der Waals surface area contributed by atoms with E-state index in [2.05, 4.69) is 10.4 Å². The van der Waals surface area contributed by atoms with Gasteiger partial charge in [-0.15, -0.1) is 11.3 Å². The van der Waals surface area contributed by atoms with Crippen LogP contribution in [0.25, 0.3) is 11.0 Å².